The molecule has 0 aromatic heterocycles. The molecule has 0 unspecified atom stereocenters. The lowest BCUT2D eigenvalue weighted by atomic mass is 10.1. The van der Waals surface area contributed by atoms with Crippen molar-refractivity contribution < 1.29 is 9.13 Å². The van der Waals surface area contributed by atoms with Crippen LogP contribution in [0.1, 0.15) is 16.7 Å². The molecule has 0 fully saturated rings. The second-order valence-corrected chi connectivity index (χ2v) is 5.21. The maximum Gasteiger partial charge on any atom is 0.123 e. The lowest BCUT2D eigenvalue weighted by Gasteiger charge is -2.10. The lowest BCUT2D eigenvalue weighted by molar-refractivity contribution is 0.305. The van der Waals surface area contributed by atoms with Crippen LogP contribution in [0, 0.1) is 12.7 Å². The van der Waals surface area contributed by atoms with Crippen molar-refractivity contribution in [2.75, 3.05) is 0 Å². The number of halogens is 2. The van der Waals surface area contributed by atoms with E-state index in [2.05, 4.69) is 0 Å². The van der Waals surface area contributed by atoms with Crippen LogP contribution < -0.4 is 10.5 Å². The van der Waals surface area contributed by atoms with Crippen molar-refractivity contribution in [3.63, 3.8) is 0 Å². The van der Waals surface area contributed by atoms with Crippen molar-refractivity contribution in [2.24, 2.45) is 5.73 Å². The van der Waals surface area contributed by atoms with Gasteiger partial charge in [0.25, 0.3) is 0 Å². The minimum absolute atomic E-state index is 0.246. The summed E-state index contributed by atoms with van der Waals surface area (Å²) in [4.78, 5) is 0.246. The van der Waals surface area contributed by atoms with E-state index in [9.17, 15) is 4.39 Å². The summed E-state index contributed by atoms with van der Waals surface area (Å²) in [6, 6.07) is 9.72. The predicted octanol–water partition coefficient (Wildman–Crippen LogP) is 4.00. The van der Waals surface area contributed by atoms with Crippen LogP contribution in [0.2, 0.25) is 5.02 Å². The molecule has 20 heavy (non-hydrogen) atoms. The van der Waals surface area contributed by atoms with Gasteiger partial charge < -0.3 is 10.5 Å². The van der Waals surface area contributed by atoms with Crippen LogP contribution in [0.15, 0.2) is 36.4 Å². The Bertz CT molecular complexity index is 660. The van der Waals surface area contributed by atoms with Gasteiger partial charge in [0, 0.05) is 5.56 Å². The summed E-state index contributed by atoms with van der Waals surface area (Å²) < 4.78 is 18.6. The SMILES string of the molecule is Cc1cc(F)ccc1COc1ccc(C(N)=S)c(Cl)c1. The van der Waals surface area contributed by atoms with Crippen molar-refractivity contribution in [2.45, 2.75) is 13.5 Å². The number of rotatable bonds is 4. The molecule has 0 aliphatic heterocycles. The number of thiocarbonyl (C=S) groups is 1. The van der Waals surface area contributed by atoms with E-state index in [0.29, 0.717) is 22.9 Å². The molecule has 0 amide bonds. The molecule has 0 saturated heterocycles. The van der Waals surface area contributed by atoms with Gasteiger partial charge in [-0.2, -0.15) is 0 Å². The molecule has 2 N–H and O–H groups in total. The summed E-state index contributed by atoms with van der Waals surface area (Å²) in [6.07, 6.45) is 0. The normalized spacial score (nSPS) is 10.3. The Morgan fingerprint density at radius 2 is 2.05 bits per heavy atom. The highest BCUT2D eigenvalue weighted by Crippen LogP contribution is 2.23. The van der Waals surface area contributed by atoms with Gasteiger partial charge in [0.2, 0.25) is 0 Å². The first-order chi connectivity index (χ1) is 9.47. The molecular weight excluding hydrogens is 297 g/mol. The van der Waals surface area contributed by atoms with Gasteiger partial charge in [0.1, 0.15) is 23.2 Å². The Hall–Kier alpha value is -1.65. The van der Waals surface area contributed by atoms with E-state index in [0.717, 1.165) is 11.1 Å². The summed E-state index contributed by atoms with van der Waals surface area (Å²) >= 11 is 10.9. The fraction of sp³-hybridized carbons (Fsp3) is 0.133. The zero-order valence-electron chi connectivity index (χ0n) is 10.8. The van der Waals surface area contributed by atoms with Gasteiger partial charge in [-0.05, 0) is 48.4 Å². The van der Waals surface area contributed by atoms with E-state index in [4.69, 9.17) is 34.3 Å². The molecule has 5 heteroatoms. The minimum atomic E-state index is -0.255. The fourth-order valence-electron chi connectivity index (χ4n) is 1.77. The maximum atomic E-state index is 13.0. The van der Waals surface area contributed by atoms with Crippen molar-refractivity contribution in [1.29, 1.82) is 0 Å². The first kappa shape index (κ1) is 14.8. The number of ether oxygens (including phenoxy) is 1. The largest absolute Gasteiger partial charge is 0.489 e. The topological polar surface area (TPSA) is 35.2 Å². The van der Waals surface area contributed by atoms with Gasteiger partial charge >= 0.3 is 0 Å². The van der Waals surface area contributed by atoms with Crippen molar-refractivity contribution in [3.8, 4) is 5.75 Å². The number of aryl methyl sites for hydroxylation is 1. The number of nitrogens with two attached hydrogens (primary N) is 1. The van der Waals surface area contributed by atoms with Gasteiger partial charge in [-0.3, -0.25) is 0 Å². The smallest absolute Gasteiger partial charge is 0.123 e. The molecule has 0 atom stereocenters. The molecule has 2 rings (SSSR count). The van der Waals surface area contributed by atoms with Crippen molar-refractivity contribution in [3.05, 3.63) is 63.9 Å². The quantitative estimate of drug-likeness (QED) is 0.867. The molecule has 2 aromatic carbocycles. The molecule has 0 radical (unpaired) electrons. The monoisotopic (exact) mass is 309 g/mol. The molecule has 0 aliphatic carbocycles. The fourth-order valence-corrected chi connectivity index (χ4v) is 2.27. The van der Waals surface area contributed by atoms with Crippen LogP contribution in [0.4, 0.5) is 4.39 Å². The molecule has 104 valence electrons. The third-order valence-electron chi connectivity index (χ3n) is 2.90. The molecule has 2 nitrogen and oxygen atoms in total. The second-order valence-electron chi connectivity index (χ2n) is 4.37. The van der Waals surface area contributed by atoms with E-state index in [-0.39, 0.29) is 10.8 Å². The van der Waals surface area contributed by atoms with E-state index in [1.165, 1.54) is 12.1 Å². The average molecular weight is 310 g/mol. The van der Waals surface area contributed by atoms with E-state index >= 15 is 0 Å². The molecule has 2 aromatic rings. The van der Waals surface area contributed by atoms with Crippen LogP contribution in [0.25, 0.3) is 0 Å². The third kappa shape index (κ3) is 3.46. The summed E-state index contributed by atoms with van der Waals surface area (Å²) in [5.74, 6) is 0.355. The number of hydrogen-bond acceptors (Lipinski definition) is 2. The zero-order chi connectivity index (χ0) is 14.7. The van der Waals surface area contributed by atoms with Gasteiger partial charge in [0.05, 0.1) is 5.02 Å². The molecule has 0 spiro atoms. The predicted molar refractivity (Wildman–Crippen MR) is 82.8 cm³/mol. The van der Waals surface area contributed by atoms with Gasteiger partial charge in [-0.1, -0.05) is 29.9 Å². The highest BCUT2D eigenvalue weighted by atomic mass is 35.5. The minimum Gasteiger partial charge on any atom is -0.489 e. The van der Waals surface area contributed by atoms with Crippen LogP contribution in [0.3, 0.4) is 0 Å². The van der Waals surface area contributed by atoms with E-state index in [1.807, 2.05) is 6.92 Å². The summed E-state index contributed by atoms with van der Waals surface area (Å²) in [6.45, 7) is 2.18. The molecule has 0 aliphatic rings. The Morgan fingerprint density at radius 1 is 1.30 bits per heavy atom. The Kier molecular flexibility index (Phi) is 4.57. The Morgan fingerprint density at radius 3 is 2.65 bits per heavy atom. The van der Waals surface area contributed by atoms with Crippen molar-refractivity contribution >= 4 is 28.8 Å². The third-order valence-corrected chi connectivity index (χ3v) is 3.44. The maximum absolute atomic E-state index is 13.0. The highest BCUT2D eigenvalue weighted by Gasteiger charge is 2.06. The first-order valence-electron chi connectivity index (χ1n) is 5.94. The van der Waals surface area contributed by atoms with Gasteiger partial charge in [-0.25, -0.2) is 4.39 Å². The van der Waals surface area contributed by atoms with Gasteiger partial charge in [-0.15, -0.1) is 0 Å². The lowest BCUT2D eigenvalue weighted by Crippen LogP contribution is -2.10. The standard InChI is InChI=1S/C15H13ClFNOS/c1-9-6-11(17)3-2-10(9)8-19-12-4-5-13(15(18)20)14(16)7-12/h2-7H,8H2,1H3,(H2,18,20). The zero-order valence-corrected chi connectivity index (χ0v) is 12.4. The molecule has 0 saturated carbocycles. The van der Waals surface area contributed by atoms with E-state index < -0.39 is 0 Å². The average Bonchev–Trinajstić information content (AvgIpc) is 2.37. The van der Waals surface area contributed by atoms with E-state index in [1.54, 1.807) is 24.3 Å². The van der Waals surface area contributed by atoms with Crippen LogP contribution in [-0.4, -0.2) is 4.99 Å². The number of benzene rings is 2. The highest BCUT2D eigenvalue weighted by molar-refractivity contribution is 7.80. The molecule has 0 heterocycles. The second kappa shape index (κ2) is 6.20. The first-order valence-corrected chi connectivity index (χ1v) is 6.73. The van der Waals surface area contributed by atoms with Crippen LogP contribution in [0.5, 0.6) is 5.75 Å². The Labute approximate surface area is 127 Å². The van der Waals surface area contributed by atoms with Gasteiger partial charge in [0.15, 0.2) is 0 Å². The Balaban J connectivity index is 2.11. The summed E-state index contributed by atoms with van der Waals surface area (Å²) in [7, 11) is 0. The summed E-state index contributed by atoms with van der Waals surface area (Å²) in [5, 5.41) is 0.450. The van der Waals surface area contributed by atoms with Crippen LogP contribution in [-0.2, 0) is 6.61 Å². The summed E-state index contributed by atoms with van der Waals surface area (Å²) in [5.41, 5.74) is 7.91. The molecule has 0 bridgehead atoms. The van der Waals surface area contributed by atoms with Crippen LogP contribution >= 0.6 is 23.8 Å². The number of hydrogen-bond donors (Lipinski definition) is 1. The van der Waals surface area contributed by atoms with Crippen molar-refractivity contribution in [1.82, 2.24) is 0 Å². The molecular formula is C15H13ClFNOS.